The Morgan fingerprint density at radius 3 is 2.71 bits per heavy atom. The van der Waals surface area contributed by atoms with E-state index in [1.165, 1.54) is 16.8 Å². The molecule has 176 valence electrons. The molecule has 0 spiro atoms. The maximum atomic E-state index is 12.6. The van der Waals surface area contributed by atoms with Crippen molar-refractivity contribution in [2.24, 2.45) is 16.0 Å². The number of fused-ring (bicyclic) bond motifs is 1. The zero-order valence-corrected chi connectivity index (χ0v) is 20.6. The minimum absolute atomic E-state index is 0.0366. The first kappa shape index (κ1) is 23.8. The standard InChI is InChI=1S/C26H28N4O3S/c1-16(2)12-23-29-30-24(27)21(25(31)28-26(30)34-23)15-19-6-5-7-20(14-19)32-10-11-33-22-13-17(3)8-9-18(22)4/h5-9,13-16,27H,10-12H2,1-4H3/b21-15-,27-24?. The number of hydrazone groups is 1. The lowest BCUT2D eigenvalue weighted by Gasteiger charge is -2.20. The van der Waals surface area contributed by atoms with Crippen LogP contribution in [0.5, 0.6) is 11.5 Å². The van der Waals surface area contributed by atoms with Crippen LogP contribution >= 0.6 is 11.8 Å². The van der Waals surface area contributed by atoms with Crippen molar-refractivity contribution >= 4 is 39.8 Å². The molecule has 0 aromatic heterocycles. The first-order chi connectivity index (χ1) is 16.3. The van der Waals surface area contributed by atoms with E-state index in [1.54, 1.807) is 6.08 Å². The number of thioether (sulfide) groups is 1. The Labute approximate surface area is 204 Å². The van der Waals surface area contributed by atoms with Gasteiger partial charge in [-0.2, -0.15) is 15.1 Å². The summed E-state index contributed by atoms with van der Waals surface area (Å²) in [6, 6.07) is 13.5. The van der Waals surface area contributed by atoms with Crippen LogP contribution in [-0.4, -0.2) is 40.2 Å². The maximum absolute atomic E-state index is 12.6. The summed E-state index contributed by atoms with van der Waals surface area (Å²) in [6.07, 6.45) is 2.44. The lowest BCUT2D eigenvalue weighted by Crippen LogP contribution is -2.35. The number of carbonyl (C=O) groups is 1. The Balaban J connectivity index is 1.41. The molecule has 4 rings (SSSR count). The summed E-state index contributed by atoms with van der Waals surface area (Å²) in [4.78, 5) is 16.8. The molecular formula is C26H28N4O3S. The third-order valence-electron chi connectivity index (χ3n) is 5.20. The molecule has 34 heavy (non-hydrogen) atoms. The molecule has 0 saturated heterocycles. The van der Waals surface area contributed by atoms with Crippen molar-refractivity contribution in [2.75, 3.05) is 13.2 Å². The van der Waals surface area contributed by atoms with E-state index < -0.39 is 5.91 Å². The summed E-state index contributed by atoms with van der Waals surface area (Å²) < 4.78 is 11.7. The highest BCUT2D eigenvalue weighted by Gasteiger charge is 2.35. The molecule has 1 amide bonds. The van der Waals surface area contributed by atoms with Gasteiger partial charge in [-0.15, -0.1) is 0 Å². The maximum Gasteiger partial charge on any atom is 0.283 e. The number of rotatable bonds is 8. The van der Waals surface area contributed by atoms with E-state index in [0.29, 0.717) is 30.0 Å². The SMILES string of the molecule is Cc1ccc(C)c(OCCOc2cccc(/C=C3/C(=N)N4N=C(CC(C)C)SC4=NC3=O)c2)c1. The molecule has 7 nitrogen and oxygen atoms in total. The fourth-order valence-corrected chi connectivity index (χ4v) is 4.60. The predicted octanol–water partition coefficient (Wildman–Crippen LogP) is 5.43. The summed E-state index contributed by atoms with van der Waals surface area (Å²) in [5, 5.41) is 15.8. The Kier molecular flexibility index (Phi) is 7.17. The number of aliphatic imine (C=N–C) groups is 1. The number of amides is 1. The Bertz CT molecular complexity index is 1220. The molecule has 8 heteroatoms. The van der Waals surface area contributed by atoms with Gasteiger partial charge in [0.05, 0.1) is 5.57 Å². The number of hydrogen-bond donors (Lipinski definition) is 1. The molecule has 0 atom stereocenters. The molecule has 0 bridgehead atoms. The summed E-state index contributed by atoms with van der Waals surface area (Å²) in [7, 11) is 0. The van der Waals surface area contributed by atoms with Crippen molar-refractivity contribution in [3.63, 3.8) is 0 Å². The van der Waals surface area contributed by atoms with Crippen molar-refractivity contribution in [1.82, 2.24) is 5.01 Å². The number of nitrogens with zero attached hydrogens (tertiary/aromatic N) is 3. The van der Waals surface area contributed by atoms with Crippen LogP contribution in [0.2, 0.25) is 0 Å². The van der Waals surface area contributed by atoms with Gasteiger partial charge in [-0.3, -0.25) is 10.2 Å². The van der Waals surface area contributed by atoms with Crippen LogP contribution in [0, 0.1) is 25.2 Å². The summed E-state index contributed by atoms with van der Waals surface area (Å²) in [6.45, 7) is 9.06. The molecule has 0 radical (unpaired) electrons. The van der Waals surface area contributed by atoms with E-state index in [4.69, 9.17) is 14.9 Å². The van der Waals surface area contributed by atoms with Gasteiger partial charge >= 0.3 is 0 Å². The zero-order valence-electron chi connectivity index (χ0n) is 19.8. The molecule has 2 aliphatic rings. The van der Waals surface area contributed by atoms with Crippen LogP contribution in [0.25, 0.3) is 6.08 Å². The summed E-state index contributed by atoms with van der Waals surface area (Å²) >= 11 is 1.36. The summed E-state index contributed by atoms with van der Waals surface area (Å²) in [5.74, 6) is 1.55. The number of ether oxygens (including phenoxy) is 2. The highest BCUT2D eigenvalue weighted by molar-refractivity contribution is 8.26. The second-order valence-corrected chi connectivity index (χ2v) is 9.69. The van der Waals surface area contributed by atoms with Crippen molar-refractivity contribution in [3.05, 3.63) is 64.7 Å². The second kappa shape index (κ2) is 10.3. The van der Waals surface area contributed by atoms with Gasteiger partial charge in [-0.25, -0.2) is 0 Å². The van der Waals surface area contributed by atoms with Gasteiger partial charge in [0, 0.05) is 6.42 Å². The van der Waals surface area contributed by atoms with Gasteiger partial charge in [0.25, 0.3) is 5.91 Å². The Morgan fingerprint density at radius 2 is 1.91 bits per heavy atom. The fourth-order valence-electron chi connectivity index (χ4n) is 3.50. The third kappa shape index (κ3) is 5.56. The Hall–Kier alpha value is -3.39. The average Bonchev–Trinajstić information content (AvgIpc) is 3.18. The van der Waals surface area contributed by atoms with Crippen molar-refractivity contribution in [1.29, 1.82) is 5.41 Å². The highest BCUT2D eigenvalue weighted by Crippen LogP contribution is 2.30. The van der Waals surface area contributed by atoms with Crippen molar-refractivity contribution in [2.45, 2.75) is 34.1 Å². The molecule has 0 unspecified atom stereocenters. The fraction of sp³-hybridized carbons (Fsp3) is 0.308. The van der Waals surface area contributed by atoms with Gasteiger partial charge in [0.1, 0.15) is 29.8 Å². The van der Waals surface area contributed by atoms with Crippen molar-refractivity contribution in [3.8, 4) is 11.5 Å². The van der Waals surface area contributed by atoms with Crippen molar-refractivity contribution < 1.29 is 14.3 Å². The molecule has 0 fully saturated rings. The zero-order chi connectivity index (χ0) is 24.2. The molecule has 0 saturated carbocycles. The van der Waals surface area contributed by atoms with E-state index in [1.807, 2.05) is 50.2 Å². The molecule has 2 aromatic carbocycles. The predicted molar refractivity (Wildman–Crippen MR) is 138 cm³/mol. The largest absolute Gasteiger partial charge is 0.490 e. The van der Waals surface area contributed by atoms with Crippen LogP contribution in [0.4, 0.5) is 0 Å². The number of amidine groups is 2. The molecular weight excluding hydrogens is 448 g/mol. The van der Waals surface area contributed by atoms with Gasteiger partial charge in [-0.05, 0) is 72.5 Å². The summed E-state index contributed by atoms with van der Waals surface area (Å²) in [5.41, 5.74) is 3.19. The van der Waals surface area contributed by atoms with E-state index in [9.17, 15) is 4.79 Å². The number of carbonyl (C=O) groups excluding carboxylic acids is 1. The highest BCUT2D eigenvalue weighted by atomic mass is 32.2. The molecule has 2 aliphatic heterocycles. The van der Waals surface area contributed by atoms with Crippen LogP contribution < -0.4 is 9.47 Å². The van der Waals surface area contributed by atoms with E-state index in [-0.39, 0.29) is 11.4 Å². The van der Waals surface area contributed by atoms with Crippen LogP contribution in [-0.2, 0) is 4.79 Å². The normalized spacial score (nSPS) is 16.6. The van der Waals surface area contributed by atoms with Gasteiger partial charge in [0.15, 0.2) is 5.84 Å². The number of hydrogen-bond acceptors (Lipinski definition) is 6. The van der Waals surface area contributed by atoms with Gasteiger partial charge in [-0.1, -0.05) is 38.1 Å². The number of benzene rings is 2. The average molecular weight is 477 g/mol. The second-order valence-electron chi connectivity index (χ2n) is 8.65. The molecule has 0 aliphatic carbocycles. The van der Waals surface area contributed by atoms with Gasteiger partial charge in [0.2, 0.25) is 5.17 Å². The van der Waals surface area contributed by atoms with Gasteiger partial charge < -0.3 is 9.47 Å². The first-order valence-electron chi connectivity index (χ1n) is 11.2. The molecule has 2 aromatic rings. The van der Waals surface area contributed by atoms with Crippen LogP contribution in [0.1, 0.15) is 37.0 Å². The lowest BCUT2D eigenvalue weighted by atomic mass is 10.1. The minimum Gasteiger partial charge on any atom is -0.490 e. The van der Waals surface area contributed by atoms with E-state index in [2.05, 4.69) is 30.0 Å². The van der Waals surface area contributed by atoms with E-state index in [0.717, 1.165) is 33.9 Å². The number of aryl methyl sites for hydroxylation is 2. The monoisotopic (exact) mass is 476 g/mol. The topological polar surface area (TPSA) is 87.3 Å². The molecule has 2 heterocycles. The van der Waals surface area contributed by atoms with Crippen LogP contribution in [0.3, 0.4) is 0 Å². The first-order valence-corrected chi connectivity index (χ1v) is 12.0. The Morgan fingerprint density at radius 1 is 1.12 bits per heavy atom. The third-order valence-corrected chi connectivity index (χ3v) is 6.13. The lowest BCUT2D eigenvalue weighted by molar-refractivity contribution is -0.114. The smallest absolute Gasteiger partial charge is 0.283 e. The minimum atomic E-state index is -0.432. The van der Waals surface area contributed by atoms with Crippen LogP contribution in [0.15, 0.2) is 58.1 Å². The molecule has 1 N–H and O–H groups in total. The van der Waals surface area contributed by atoms with E-state index >= 15 is 0 Å². The number of nitrogens with one attached hydrogen (secondary N) is 1. The quantitative estimate of drug-likeness (QED) is 0.406.